The predicted octanol–water partition coefficient (Wildman–Crippen LogP) is 2.49. The monoisotopic (exact) mass is 230 g/mol. The molecule has 1 radical (unpaired) electrons. The summed E-state index contributed by atoms with van der Waals surface area (Å²) in [4.78, 5) is 9.76. The first-order valence-electron chi connectivity index (χ1n) is 3.07. The van der Waals surface area contributed by atoms with E-state index in [2.05, 4.69) is 15.9 Å². The maximum Gasteiger partial charge on any atom is 0.269 e. The van der Waals surface area contributed by atoms with Gasteiger partial charge >= 0.3 is 0 Å². The predicted molar refractivity (Wildman–Crippen MR) is 47.0 cm³/mol. The van der Waals surface area contributed by atoms with Gasteiger partial charge in [0, 0.05) is 12.1 Å². The van der Waals surface area contributed by atoms with Crippen molar-refractivity contribution in [2.75, 3.05) is 0 Å². The van der Waals surface area contributed by atoms with Crippen LogP contribution in [0.2, 0.25) is 0 Å². The van der Waals surface area contributed by atoms with Crippen LogP contribution in [0.3, 0.4) is 0 Å². The van der Waals surface area contributed by atoms with Gasteiger partial charge in [0.05, 0.1) is 4.92 Å². The van der Waals surface area contributed by atoms with Crippen LogP contribution >= 0.6 is 15.9 Å². The van der Waals surface area contributed by atoms with Crippen LogP contribution in [0.4, 0.5) is 5.69 Å². The van der Waals surface area contributed by atoms with Crippen LogP contribution < -0.4 is 4.74 Å². The maximum atomic E-state index is 10.2. The fourth-order valence-corrected chi connectivity index (χ4v) is 0.914. The van der Waals surface area contributed by atoms with Crippen LogP contribution in [-0.4, -0.2) is 4.92 Å². The molecule has 0 saturated carbocycles. The lowest BCUT2D eigenvalue weighted by atomic mass is 10.3. The van der Waals surface area contributed by atoms with Gasteiger partial charge in [-0.15, -0.1) is 0 Å². The highest BCUT2D eigenvalue weighted by molar-refractivity contribution is 9.10. The number of ether oxygens (including phenoxy) is 1. The second kappa shape index (κ2) is 4.06. The molecule has 0 unspecified atom stereocenters. The van der Waals surface area contributed by atoms with Gasteiger partial charge in [-0.05, 0) is 28.1 Å². The Hall–Kier alpha value is -1.10. The maximum absolute atomic E-state index is 10.2. The summed E-state index contributed by atoms with van der Waals surface area (Å²) < 4.78 is 4.91. The van der Waals surface area contributed by atoms with E-state index in [0.717, 1.165) is 0 Å². The Morgan fingerprint density at radius 3 is 2.42 bits per heavy atom. The molecule has 1 rings (SSSR count). The second-order valence-corrected chi connectivity index (χ2v) is 2.33. The quantitative estimate of drug-likeness (QED) is 0.593. The highest BCUT2D eigenvalue weighted by Gasteiger charge is 2.03. The van der Waals surface area contributed by atoms with Crippen molar-refractivity contribution in [3.05, 3.63) is 39.9 Å². The lowest BCUT2D eigenvalue weighted by Gasteiger charge is -1.98. The van der Waals surface area contributed by atoms with Gasteiger partial charge in [-0.1, -0.05) is 0 Å². The first-order valence-corrected chi connectivity index (χ1v) is 3.98. The average molecular weight is 231 g/mol. The first kappa shape index (κ1) is 8.99. The van der Waals surface area contributed by atoms with Crippen molar-refractivity contribution < 1.29 is 9.66 Å². The summed E-state index contributed by atoms with van der Waals surface area (Å²) >= 11 is 2.95. The minimum Gasteiger partial charge on any atom is -0.474 e. The van der Waals surface area contributed by atoms with E-state index in [0.29, 0.717) is 5.75 Å². The number of hydrogen-bond donors (Lipinski definition) is 0. The molecular formula is C7H5BrNO3. The lowest BCUT2D eigenvalue weighted by Crippen LogP contribution is -1.88. The number of hydrogen-bond acceptors (Lipinski definition) is 3. The molecule has 0 spiro atoms. The number of rotatable bonds is 3. The zero-order valence-corrected chi connectivity index (χ0v) is 7.52. The number of nitrogens with zero attached hydrogens (tertiary/aromatic N) is 1. The Morgan fingerprint density at radius 1 is 1.42 bits per heavy atom. The normalized spacial score (nSPS) is 9.42. The Balaban J connectivity index is 2.78. The van der Waals surface area contributed by atoms with Gasteiger partial charge in [-0.3, -0.25) is 10.1 Å². The van der Waals surface area contributed by atoms with E-state index in [9.17, 15) is 10.1 Å². The van der Waals surface area contributed by atoms with Crippen molar-refractivity contribution in [3.8, 4) is 5.75 Å². The number of nitro benzene ring substituents is 1. The van der Waals surface area contributed by atoms with Crippen molar-refractivity contribution in [1.29, 1.82) is 0 Å². The van der Waals surface area contributed by atoms with E-state index in [1.807, 2.05) is 0 Å². The van der Waals surface area contributed by atoms with E-state index in [1.54, 1.807) is 0 Å². The van der Waals surface area contributed by atoms with Gasteiger partial charge in [0.2, 0.25) is 0 Å². The SMILES string of the molecule is O=[N+]([O-])c1ccc(O[CH]Br)cc1. The molecule has 0 aliphatic rings. The second-order valence-electron chi connectivity index (χ2n) is 1.96. The summed E-state index contributed by atoms with van der Waals surface area (Å²) in [5.74, 6) is 0.553. The topological polar surface area (TPSA) is 52.4 Å². The van der Waals surface area contributed by atoms with Crippen molar-refractivity contribution in [3.63, 3.8) is 0 Å². The average Bonchev–Trinajstić information content (AvgIpc) is 2.06. The highest BCUT2D eigenvalue weighted by atomic mass is 79.9. The largest absolute Gasteiger partial charge is 0.474 e. The molecule has 0 saturated heterocycles. The van der Waals surface area contributed by atoms with Gasteiger partial charge in [-0.2, -0.15) is 0 Å². The molecule has 12 heavy (non-hydrogen) atoms. The number of nitro groups is 1. The molecular weight excluding hydrogens is 226 g/mol. The summed E-state index contributed by atoms with van der Waals surface area (Å²) in [7, 11) is 0. The van der Waals surface area contributed by atoms with Crippen molar-refractivity contribution in [2.45, 2.75) is 0 Å². The summed E-state index contributed by atoms with van der Waals surface area (Å²) in [6, 6.07) is 5.81. The molecule has 0 bridgehead atoms. The van der Waals surface area contributed by atoms with E-state index < -0.39 is 4.92 Å². The number of non-ortho nitro benzene ring substituents is 1. The van der Waals surface area contributed by atoms with Crippen LogP contribution in [0.5, 0.6) is 5.75 Å². The minimum absolute atomic E-state index is 0.0527. The molecule has 1 aromatic rings. The molecule has 0 amide bonds. The summed E-state index contributed by atoms with van der Waals surface area (Å²) in [5.41, 5.74) is 1.38. The molecule has 0 aromatic heterocycles. The van der Waals surface area contributed by atoms with Gasteiger partial charge < -0.3 is 4.74 Å². The van der Waals surface area contributed by atoms with Gasteiger partial charge in [-0.25, -0.2) is 0 Å². The van der Waals surface area contributed by atoms with E-state index in [4.69, 9.17) is 4.74 Å². The highest BCUT2D eigenvalue weighted by Crippen LogP contribution is 2.18. The van der Waals surface area contributed by atoms with Gasteiger partial charge in [0.15, 0.2) is 5.52 Å². The molecule has 0 aliphatic heterocycles. The van der Waals surface area contributed by atoms with Crippen molar-refractivity contribution in [1.82, 2.24) is 0 Å². The van der Waals surface area contributed by atoms with Crippen LogP contribution in [0, 0.1) is 15.6 Å². The lowest BCUT2D eigenvalue weighted by molar-refractivity contribution is -0.384. The van der Waals surface area contributed by atoms with Crippen LogP contribution in [-0.2, 0) is 0 Å². The molecule has 5 heteroatoms. The van der Waals surface area contributed by atoms with E-state index in [-0.39, 0.29) is 5.69 Å². The third-order valence-electron chi connectivity index (χ3n) is 1.23. The van der Waals surface area contributed by atoms with Crippen LogP contribution in [0.15, 0.2) is 24.3 Å². The number of benzene rings is 1. The summed E-state index contributed by atoms with van der Waals surface area (Å²) in [5, 5.41) is 10.2. The summed E-state index contributed by atoms with van der Waals surface area (Å²) in [6.07, 6.45) is 0. The smallest absolute Gasteiger partial charge is 0.269 e. The third kappa shape index (κ3) is 2.20. The van der Waals surface area contributed by atoms with Gasteiger partial charge in [0.1, 0.15) is 5.75 Å². The molecule has 0 atom stereocenters. The summed E-state index contributed by atoms with van der Waals surface area (Å²) in [6.45, 7) is 0. The van der Waals surface area contributed by atoms with Crippen molar-refractivity contribution in [2.24, 2.45) is 0 Å². The molecule has 0 aliphatic carbocycles. The van der Waals surface area contributed by atoms with E-state index >= 15 is 0 Å². The standard InChI is InChI=1S/C7H5BrNO3/c8-5-12-7-3-1-6(2-4-7)9(10)11/h1-5H. The zero-order chi connectivity index (χ0) is 8.97. The van der Waals surface area contributed by atoms with Crippen LogP contribution in [0.1, 0.15) is 0 Å². The van der Waals surface area contributed by atoms with Crippen molar-refractivity contribution >= 4 is 21.6 Å². The molecule has 0 fully saturated rings. The number of halogens is 1. The zero-order valence-electron chi connectivity index (χ0n) is 5.94. The molecule has 4 nitrogen and oxygen atoms in total. The first-order chi connectivity index (χ1) is 5.74. The van der Waals surface area contributed by atoms with Gasteiger partial charge in [0.25, 0.3) is 5.69 Å². The third-order valence-corrected chi connectivity index (χ3v) is 1.42. The molecule has 0 heterocycles. The molecule has 63 valence electrons. The van der Waals surface area contributed by atoms with Crippen LogP contribution in [0.25, 0.3) is 0 Å². The Kier molecular flexibility index (Phi) is 3.04. The Morgan fingerprint density at radius 2 is 2.00 bits per heavy atom. The molecule has 0 N–H and O–H groups in total. The fraction of sp³-hybridized carbons (Fsp3) is 0. The Bertz CT molecular complexity index is 272. The fourth-order valence-electron chi connectivity index (χ4n) is 0.698. The molecule has 1 aromatic carbocycles. The minimum atomic E-state index is -0.457. The Labute approximate surface area is 77.4 Å². The van der Waals surface area contributed by atoms with E-state index in [1.165, 1.54) is 29.8 Å².